The molecule has 0 bridgehead atoms. The zero-order valence-electron chi connectivity index (χ0n) is 14.3. The van der Waals surface area contributed by atoms with Gasteiger partial charge in [0.2, 0.25) is 11.0 Å². The van der Waals surface area contributed by atoms with Crippen molar-refractivity contribution >= 4 is 45.5 Å². The van der Waals surface area contributed by atoms with Gasteiger partial charge in [-0.25, -0.2) is 0 Å². The van der Waals surface area contributed by atoms with Gasteiger partial charge in [0.1, 0.15) is 0 Å². The van der Waals surface area contributed by atoms with Crippen molar-refractivity contribution in [2.75, 3.05) is 16.8 Å². The Kier molecular flexibility index (Phi) is 4.90. The van der Waals surface area contributed by atoms with E-state index in [1.807, 2.05) is 60.4 Å². The number of carbonyl (C=O) groups excluding carboxylic acids is 1. The molecule has 132 valence electrons. The van der Waals surface area contributed by atoms with Gasteiger partial charge in [0.25, 0.3) is 0 Å². The summed E-state index contributed by atoms with van der Waals surface area (Å²) in [6.45, 7) is 2.68. The third-order valence-electron chi connectivity index (χ3n) is 4.21. The van der Waals surface area contributed by atoms with Crippen molar-refractivity contribution in [1.29, 1.82) is 0 Å². The number of hydrogen-bond acceptors (Lipinski definition) is 6. The topological polar surface area (TPSA) is 58.1 Å². The van der Waals surface area contributed by atoms with Crippen molar-refractivity contribution in [3.8, 4) is 0 Å². The normalized spacial score (nSPS) is 14.1. The molecule has 1 unspecified atom stereocenters. The predicted octanol–water partition coefficient (Wildman–Crippen LogP) is 4.35. The van der Waals surface area contributed by atoms with Crippen LogP contribution in [0.2, 0.25) is 0 Å². The second-order valence-corrected chi connectivity index (χ2v) is 8.56. The van der Waals surface area contributed by atoms with Crippen molar-refractivity contribution < 1.29 is 4.79 Å². The molecule has 1 aromatic heterocycles. The van der Waals surface area contributed by atoms with E-state index < -0.39 is 0 Å². The van der Waals surface area contributed by atoms with E-state index in [9.17, 15) is 4.79 Å². The van der Waals surface area contributed by atoms with E-state index in [0.29, 0.717) is 0 Å². The third kappa shape index (κ3) is 3.59. The molecule has 2 aromatic carbocycles. The second kappa shape index (κ2) is 7.47. The Balaban J connectivity index is 1.41. The summed E-state index contributed by atoms with van der Waals surface area (Å²) in [6.07, 6.45) is 0.920. The number of para-hydroxylation sites is 2. The van der Waals surface area contributed by atoms with Crippen molar-refractivity contribution in [3.05, 3.63) is 60.2 Å². The smallest absolute Gasteiger partial charge is 0.240 e. The van der Waals surface area contributed by atoms with Crippen LogP contribution >= 0.6 is 23.1 Å². The summed E-state index contributed by atoms with van der Waals surface area (Å²) in [6, 6.07) is 18.0. The van der Waals surface area contributed by atoms with Gasteiger partial charge < -0.3 is 10.2 Å². The Morgan fingerprint density at radius 2 is 1.92 bits per heavy atom. The first-order valence-corrected chi connectivity index (χ1v) is 10.1. The summed E-state index contributed by atoms with van der Waals surface area (Å²) in [7, 11) is 0. The van der Waals surface area contributed by atoms with Gasteiger partial charge in [-0.15, -0.1) is 10.2 Å². The van der Waals surface area contributed by atoms with Gasteiger partial charge in [0.15, 0.2) is 4.34 Å². The standard InChI is InChI=1S/C19H18N4OS2/c1-13(17(24)23-12-11-14-7-5-6-10-16(14)23)25-19-22-21-18(26-19)20-15-8-3-2-4-9-15/h2-10,13H,11-12H2,1H3,(H,20,21). The van der Waals surface area contributed by atoms with Gasteiger partial charge >= 0.3 is 0 Å². The van der Waals surface area contributed by atoms with Crippen LogP contribution in [0, 0.1) is 0 Å². The molecule has 1 aliphatic heterocycles. The highest BCUT2D eigenvalue weighted by Crippen LogP contribution is 2.34. The van der Waals surface area contributed by atoms with Crippen molar-refractivity contribution in [3.63, 3.8) is 0 Å². The van der Waals surface area contributed by atoms with Crippen molar-refractivity contribution in [2.24, 2.45) is 0 Å². The minimum Gasteiger partial charge on any atom is -0.330 e. The number of thioether (sulfide) groups is 1. The Morgan fingerprint density at radius 1 is 1.15 bits per heavy atom. The van der Waals surface area contributed by atoms with E-state index in [1.54, 1.807) is 0 Å². The van der Waals surface area contributed by atoms with Crippen molar-refractivity contribution in [2.45, 2.75) is 22.9 Å². The highest BCUT2D eigenvalue weighted by molar-refractivity contribution is 8.02. The summed E-state index contributed by atoms with van der Waals surface area (Å²) >= 11 is 2.92. The fraction of sp³-hybridized carbons (Fsp3) is 0.211. The van der Waals surface area contributed by atoms with Crippen LogP contribution in [0.3, 0.4) is 0 Å². The van der Waals surface area contributed by atoms with Gasteiger partial charge in [0.05, 0.1) is 5.25 Å². The average Bonchev–Trinajstić information content (AvgIpc) is 3.29. The number of nitrogens with one attached hydrogen (secondary N) is 1. The number of hydrogen-bond donors (Lipinski definition) is 1. The molecule has 3 aromatic rings. The Bertz CT molecular complexity index is 913. The minimum absolute atomic E-state index is 0.118. The van der Waals surface area contributed by atoms with E-state index in [1.165, 1.54) is 28.7 Å². The molecular formula is C19H18N4OS2. The van der Waals surface area contributed by atoms with E-state index in [-0.39, 0.29) is 11.2 Å². The molecule has 0 fully saturated rings. The Hall–Kier alpha value is -2.38. The predicted molar refractivity (Wildman–Crippen MR) is 107 cm³/mol. The van der Waals surface area contributed by atoms with Gasteiger partial charge in [0, 0.05) is 17.9 Å². The summed E-state index contributed by atoms with van der Waals surface area (Å²) < 4.78 is 0.789. The lowest BCUT2D eigenvalue weighted by atomic mass is 10.2. The van der Waals surface area contributed by atoms with Crippen LogP contribution in [0.4, 0.5) is 16.5 Å². The van der Waals surface area contributed by atoms with Crippen LogP contribution in [0.1, 0.15) is 12.5 Å². The lowest BCUT2D eigenvalue weighted by Gasteiger charge is -2.20. The van der Waals surface area contributed by atoms with Crippen LogP contribution in [-0.2, 0) is 11.2 Å². The number of carbonyl (C=O) groups is 1. The van der Waals surface area contributed by atoms with Crippen LogP contribution in [0.15, 0.2) is 58.9 Å². The first-order chi connectivity index (χ1) is 12.7. The van der Waals surface area contributed by atoms with Crippen LogP contribution < -0.4 is 10.2 Å². The highest BCUT2D eigenvalue weighted by Gasteiger charge is 2.28. The van der Waals surface area contributed by atoms with Crippen LogP contribution in [-0.4, -0.2) is 27.9 Å². The fourth-order valence-corrected chi connectivity index (χ4v) is 4.92. The number of anilines is 3. The van der Waals surface area contributed by atoms with E-state index >= 15 is 0 Å². The number of amides is 1. The summed E-state index contributed by atoms with van der Waals surface area (Å²) in [5.74, 6) is 0.118. The van der Waals surface area contributed by atoms with Gasteiger partial charge in [-0.1, -0.05) is 59.5 Å². The fourth-order valence-electron chi connectivity index (χ4n) is 2.94. The van der Waals surface area contributed by atoms with E-state index in [0.717, 1.165) is 33.8 Å². The molecule has 0 saturated carbocycles. The summed E-state index contributed by atoms with van der Waals surface area (Å²) in [5, 5.41) is 12.1. The van der Waals surface area contributed by atoms with Crippen molar-refractivity contribution in [1.82, 2.24) is 10.2 Å². The van der Waals surface area contributed by atoms with Gasteiger partial charge in [-0.3, -0.25) is 4.79 Å². The molecule has 0 aliphatic carbocycles. The zero-order chi connectivity index (χ0) is 17.9. The first-order valence-electron chi connectivity index (χ1n) is 8.42. The van der Waals surface area contributed by atoms with Gasteiger partial charge in [-0.2, -0.15) is 0 Å². The monoisotopic (exact) mass is 382 g/mol. The minimum atomic E-state index is -0.210. The first kappa shape index (κ1) is 17.1. The Morgan fingerprint density at radius 3 is 2.77 bits per heavy atom. The molecule has 0 spiro atoms. The summed E-state index contributed by atoms with van der Waals surface area (Å²) in [5.41, 5.74) is 3.25. The molecule has 1 N–H and O–H groups in total. The lowest BCUT2D eigenvalue weighted by molar-refractivity contribution is -0.117. The highest BCUT2D eigenvalue weighted by atomic mass is 32.2. The molecule has 2 heterocycles. The number of nitrogens with zero attached hydrogens (tertiary/aromatic N) is 3. The third-order valence-corrected chi connectivity index (χ3v) is 6.22. The maximum atomic E-state index is 12.9. The SMILES string of the molecule is CC(Sc1nnc(Nc2ccccc2)s1)C(=O)N1CCc2ccccc21. The number of fused-ring (bicyclic) bond motifs is 1. The maximum Gasteiger partial charge on any atom is 0.240 e. The van der Waals surface area contributed by atoms with Gasteiger partial charge in [-0.05, 0) is 37.1 Å². The summed E-state index contributed by atoms with van der Waals surface area (Å²) in [4.78, 5) is 14.7. The largest absolute Gasteiger partial charge is 0.330 e. The molecule has 1 aliphatic rings. The number of rotatable bonds is 5. The molecule has 0 radical (unpaired) electrons. The molecule has 1 atom stereocenters. The molecule has 5 nitrogen and oxygen atoms in total. The number of aromatic nitrogens is 2. The van der Waals surface area contributed by atoms with E-state index in [4.69, 9.17) is 0 Å². The number of benzene rings is 2. The zero-order valence-corrected chi connectivity index (χ0v) is 15.9. The second-order valence-electron chi connectivity index (χ2n) is 5.99. The molecule has 26 heavy (non-hydrogen) atoms. The van der Waals surface area contributed by atoms with E-state index in [2.05, 4.69) is 21.6 Å². The lowest BCUT2D eigenvalue weighted by Crippen LogP contribution is -2.35. The van der Waals surface area contributed by atoms with Crippen LogP contribution in [0.5, 0.6) is 0 Å². The molecule has 1 amide bonds. The Labute approximate surface area is 160 Å². The molecular weight excluding hydrogens is 364 g/mol. The quantitative estimate of drug-likeness (QED) is 0.665. The molecule has 0 saturated heterocycles. The van der Waals surface area contributed by atoms with Crippen LogP contribution in [0.25, 0.3) is 0 Å². The molecule has 7 heteroatoms. The molecule has 4 rings (SSSR count). The average molecular weight is 383 g/mol. The maximum absolute atomic E-state index is 12.9.